The van der Waals surface area contributed by atoms with Gasteiger partial charge in [0, 0.05) is 5.56 Å². The van der Waals surface area contributed by atoms with E-state index in [-0.39, 0.29) is 11.8 Å². The van der Waals surface area contributed by atoms with Crippen LogP contribution in [0.25, 0.3) is 0 Å². The first-order valence-corrected chi connectivity index (χ1v) is 5.10. The fraction of sp³-hybridized carbons (Fsp3) is 0.417. The lowest BCUT2D eigenvalue weighted by Gasteiger charge is -2.09. The summed E-state index contributed by atoms with van der Waals surface area (Å²) < 4.78 is 0. The Morgan fingerprint density at radius 3 is 2.93 bits per heavy atom. The van der Waals surface area contributed by atoms with E-state index in [0.29, 0.717) is 0 Å². The summed E-state index contributed by atoms with van der Waals surface area (Å²) in [6, 6.07) is 5.58. The SMILES string of the molecule is CC(N)C(=O)c1cccc2c1CCC2. The third-order valence-corrected chi connectivity index (χ3v) is 2.82. The van der Waals surface area contributed by atoms with Crippen LogP contribution in [0.15, 0.2) is 18.2 Å². The molecule has 0 amide bonds. The van der Waals surface area contributed by atoms with Crippen molar-refractivity contribution in [3.8, 4) is 0 Å². The number of ketones is 1. The maximum Gasteiger partial charge on any atom is 0.179 e. The van der Waals surface area contributed by atoms with Crippen LogP contribution in [0.5, 0.6) is 0 Å². The molecule has 1 aromatic carbocycles. The molecule has 2 rings (SSSR count). The Balaban J connectivity index is 2.44. The number of aryl methyl sites for hydroxylation is 1. The number of nitrogens with two attached hydrogens (primary N) is 1. The Kier molecular flexibility index (Phi) is 2.38. The van der Waals surface area contributed by atoms with Crippen LogP contribution in [-0.2, 0) is 12.8 Å². The molecule has 1 unspecified atom stereocenters. The number of rotatable bonds is 2. The summed E-state index contributed by atoms with van der Waals surface area (Å²) in [5.41, 5.74) is 9.02. The van der Waals surface area contributed by atoms with E-state index in [0.717, 1.165) is 18.4 Å². The molecule has 0 aromatic heterocycles. The normalized spacial score (nSPS) is 16.4. The first-order valence-electron chi connectivity index (χ1n) is 5.10. The van der Waals surface area contributed by atoms with Crippen LogP contribution >= 0.6 is 0 Å². The van der Waals surface area contributed by atoms with Crippen LogP contribution in [0.3, 0.4) is 0 Å². The first kappa shape index (κ1) is 9.41. The average molecular weight is 189 g/mol. The van der Waals surface area contributed by atoms with Crippen molar-refractivity contribution in [3.63, 3.8) is 0 Å². The van der Waals surface area contributed by atoms with E-state index >= 15 is 0 Å². The van der Waals surface area contributed by atoms with Gasteiger partial charge in [-0.3, -0.25) is 4.79 Å². The van der Waals surface area contributed by atoms with Gasteiger partial charge in [0.1, 0.15) is 0 Å². The molecule has 2 nitrogen and oxygen atoms in total. The summed E-state index contributed by atoms with van der Waals surface area (Å²) in [6.45, 7) is 1.75. The van der Waals surface area contributed by atoms with Crippen molar-refractivity contribution < 1.29 is 4.79 Å². The molecular weight excluding hydrogens is 174 g/mol. The van der Waals surface area contributed by atoms with Gasteiger partial charge in [0.15, 0.2) is 5.78 Å². The molecule has 14 heavy (non-hydrogen) atoms. The van der Waals surface area contributed by atoms with Crippen LogP contribution in [0.1, 0.15) is 34.8 Å². The predicted molar refractivity (Wildman–Crippen MR) is 56.4 cm³/mol. The van der Waals surface area contributed by atoms with Crippen LogP contribution in [0.2, 0.25) is 0 Å². The molecule has 0 aliphatic heterocycles. The van der Waals surface area contributed by atoms with Crippen LogP contribution in [-0.4, -0.2) is 11.8 Å². The van der Waals surface area contributed by atoms with Gasteiger partial charge in [0.2, 0.25) is 0 Å². The van der Waals surface area contributed by atoms with E-state index in [1.807, 2.05) is 12.1 Å². The minimum atomic E-state index is -0.387. The molecule has 0 saturated heterocycles. The van der Waals surface area contributed by atoms with Crippen molar-refractivity contribution in [3.05, 3.63) is 34.9 Å². The molecular formula is C12H15NO. The molecule has 0 saturated carbocycles. The van der Waals surface area contributed by atoms with Gasteiger partial charge in [-0.05, 0) is 37.3 Å². The minimum Gasteiger partial charge on any atom is -0.321 e. The maximum atomic E-state index is 11.8. The van der Waals surface area contributed by atoms with E-state index in [4.69, 9.17) is 5.73 Å². The summed E-state index contributed by atoms with van der Waals surface area (Å²) in [7, 11) is 0. The van der Waals surface area contributed by atoms with E-state index in [9.17, 15) is 4.79 Å². The molecule has 0 bridgehead atoms. The zero-order chi connectivity index (χ0) is 10.1. The van der Waals surface area contributed by atoms with Crippen molar-refractivity contribution >= 4 is 5.78 Å². The van der Waals surface area contributed by atoms with Crippen molar-refractivity contribution in [2.45, 2.75) is 32.2 Å². The molecule has 1 atom stereocenters. The van der Waals surface area contributed by atoms with Gasteiger partial charge >= 0.3 is 0 Å². The Hall–Kier alpha value is -1.15. The topological polar surface area (TPSA) is 43.1 Å². The summed E-state index contributed by atoms with van der Waals surface area (Å²) in [5.74, 6) is 0.0729. The van der Waals surface area contributed by atoms with Crippen LogP contribution < -0.4 is 5.73 Å². The molecule has 0 radical (unpaired) electrons. The number of fused-ring (bicyclic) bond motifs is 1. The summed E-state index contributed by atoms with van der Waals surface area (Å²) in [5, 5.41) is 0. The molecule has 2 heteroatoms. The molecule has 0 fully saturated rings. The molecule has 74 valence electrons. The van der Waals surface area contributed by atoms with Gasteiger partial charge in [-0.25, -0.2) is 0 Å². The Morgan fingerprint density at radius 1 is 1.43 bits per heavy atom. The highest BCUT2D eigenvalue weighted by Crippen LogP contribution is 2.25. The quantitative estimate of drug-likeness (QED) is 0.720. The lowest BCUT2D eigenvalue weighted by Crippen LogP contribution is -2.27. The second-order valence-corrected chi connectivity index (χ2v) is 3.95. The lowest BCUT2D eigenvalue weighted by atomic mass is 9.97. The first-order chi connectivity index (χ1) is 6.70. The van der Waals surface area contributed by atoms with E-state index in [1.54, 1.807) is 6.92 Å². The zero-order valence-electron chi connectivity index (χ0n) is 8.42. The Bertz CT molecular complexity index is 369. The number of benzene rings is 1. The lowest BCUT2D eigenvalue weighted by molar-refractivity contribution is 0.0967. The van der Waals surface area contributed by atoms with Crippen molar-refractivity contribution in [1.82, 2.24) is 0 Å². The number of carbonyl (C=O) groups is 1. The number of hydrogen-bond acceptors (Lipinski definition) is 2. The van der Waals surface area contributed by atoms with Crippen LogP contribution in [0, 0.1) is 0 Å². The molecule has 0 heterocycles. The largest absolute Gasteiger partial charge is 0.321 e. The highest BCUT2D eigenvalue weighted by molar-refractivity contribution is 6.01. The van der Waals surface area contributed by atoms with E-state index < -0.39 is 0 Å². The van der Waals surface area contributed by atoms with Gasteiger partial charge < -0.3 is 5.73 Å². The summed E-state index contributed by atoms with van der Waals surface area (Å²) in [6.07, 6.45) is 3.30. The smallest absolute Gasteiger partial charge is 0.179 e. The third kappa shape index (κ3) is 1.46. The highest BCUT2D eigenvalue weighted by Gasteiger charge is 2.20. The van der Waals surface area contributed by atoms with Gasteiger partial charge in [-0.15, -0.1) is 0 Å². The fourth-order valence-electron chi connectivity index (χ4n) is 2.10. The van der Waals surface area contributed by atoms with Gasteiger partial charge in [-0.2, -0.15) is 0 Å². The van der Waals surface area contributed by atoms with Crippen molar-refractivity contribution in [2.75, 3.05) is 0 Å². The van der Waals surface area contributed by atoms with Gasteiger partial charge in [0.05, 0.1) is 6.04 Å². The van der Waals surface area contributed by atoms with Crippen LogP contribution in [0.4, 0.5) is 0 Å². The molecule has 2 N–H and O–H groups in total. The Labute approximate surface area is 84.1 Å². The average Bonchev–Trinajstić information content (AvgIpc) is 2.63. The molecule has 1 aromatic rings. The minimum absolute atomic E-state index is 0.0729. The Morgan fingerprint density at radius 2 is 2.21 bits per heavy atom. The van der Waals surface area contributed by atoms with Gasteiger partial charge in [-0.1, -0.05) is 18.2 Å². The third-order valence-electron chi connectivity index (χ3n) is 2.82. The number of Topliss-reactive ketones (excluding diaryl/α,β-unsaturated/α-hetero) is 1. The maximum absolute atomic E-state index is 11.8. The standard InChI is InChI=1S/C12H15NO/c1-8(13)12(14)11-7-3-5-9-4-2-6-10(9)11/h3,5,7-8H,2,4,6,13H2,1H3. The second kappa shape index (κ2) is 3.54. The highest BCUT2D eigenvalue weighted by atomic mass is 16.1. The predicted octanol–water partition coefficient (Wildman–Crippen LogP) is 1.71. The number of carbonyl (C=O) groups excluding carboxylic acids is 1. The van der Waals surface area contributed by atoms with Crippen molar-refractivity contribution in [1.29, 1.82) is 0 Å². The van der Waals surface area contributed by atoms with Gasteiger partial charge in [0.25, 0.3) is 0 Å². The summed E-state index contributed by atoms with van der Waals surface area (Å²) >= 11 is 0. The molecule has 1 aliphatic rings. The molecule has 1 aliphatic carbocycles. The zero-order valence-corrected chi connectivity index (χ0v) is 8.42. The fourth-order valence-corrected chi connectivity index (χ4v) is 2.10. The van der Waals surface area contributed by atoms with Crippen molar-refractivity contribution in [2.24, 2.45) is 5.73 Å². The summed E-state index contributed by atoms with van der Waals surface area (Å²) in [4.78, 5) is 11.8. The monoisotopic (exact) mass is 189 g/mol. The van der Waals surface area contributed by atoms with E-state index in [2.05, 4.69) is 6.07 Å². The number of hydrogen-bond donors (Lipinski definition) is 1. The van der Waals surface area contributed by atoms with E-state index in [1.165, 1.54) is 17.5 Å². The molecule has 0 spiro atoms. The second-order valence-electron chi connectivity index (χ2n) is 3.95.